The van der Waals surface area contributed by atoms with Gasteiger partial charge in [0, 0.05) is 80.1 Å². The van der Waals surface area contributed by atoms with Gasteiger partial charge in [0.25, 0.3) is 0 Å². The maximum atomic E-state index is 15.8. The van der Waals surface area contributed by atoms with Gasteiger partial charge in [-0.1, -0.05) is 155 Å². The Morgan fingerprint density at radius 3 is 0.910 bits per heavy atom. The molecule has 145 heavy (non-hydrogen) atoms. The first-order valence-electron chi connectivity index (χ1n) is 47.2. The Bertz CT molecular complexity index is 4830. The number of carbonyl (C=O) groups is 18. The molecule has 802 valence electrons. The lowest BCUT2D eigenvalue weighted by molar-refractivity contribution is -0.136. The van der Waals surface area contributed by atoms with Crippen molar-refractivity contribution < 1.29 is 91.4 Å². The predicted molar refractivity (Wildman–Crippen MR) is 553 cm³/mol. The summed E-state index contributed by atoms with van der Waals surface area (Å²) in [5.41, 5.74) is 29.0. The molecule has 2 aromatic carbocycles. The molecular weight excluding hydrogens is 2000 g/mol. The fraction of sp³-hybridized carbons (Fsp3) is 0.598. The standard InChI is InChI=1S/C87H139N33O19S6/c1-7-45(6)66-82(139)118-61-41-144-141-38-58(116-73(130)55(33-46-16-9-8-10-17-46)105-63(122)35-103-68(125)50(19-12-28-99-84(90)91)107-74(131)56(112-79(61)136)34-47-23-25-48(121)26-24-47)76(133)109-52(21-14-30-101-86(94)95)70(127)113-59-39-142-145-42-62(80(137)120-66)114-71(128)53(22-15-31-102-87(96)97)110-77(134)60-40-143-140-37-57(115-72(129)54(32-43(2)3)111-78(59)135)75(132)108-51(20-13-29-100-85(92)93)69(126)106-49(18-11-27-98-83(88)89)67(124)104-36-64(123)119-65(44(4)5)81(138)117-60/h8-10,16-17,23-26,43-45,49-62,65-66,121H,7,11-15,18-22,27-42H2,1-6H3,(H,103,125)(H,104,124)(H,105,122)(H,106,126)(H,107,131)(H,108,132)(H,109,133)(H,110,134)(H,111,135)(H,112,136)(H,113,127)(H,114,128)(H,115,129)(H,116,130)(H,117,138)(H,118,139)(H,119,123)(H,120,137)(H4,88,89,98)(H4,90,91,99)(H4,92,93,100)(H4,94,95,101)(H4,96,97,102)/t45-,49-,50-,51-,52-,53-,54-,55-,56-,57-,58-,59-,60-,61-,62-,65-,66-/m0/s1. The lowest BCUT2D eigenvalue weighted by atomic mass is 9.97. The van der Waals surface area contributed by atoms with Crippen LogP contribution in [-0.4, -0.2) is 318 Å². The second-order valence-corrected chi connectivity index (χ2v) is 43.0. The van der Waals surface area contributed by atoms with Crippen molar-refractivity contribution in [1.82, 2.24) is 122 Å². The average molecular weight is 2140 g/mol. The molecule has 39 N–H and O–H groups in total. The number of hydrogen-bond acceptors (Lipinski definition) is 30. The Morgan fingerprint density at radius 1 is 0.317 bits per heavy atom. The largest absolute Gasteiger partial charge is 0.508 e. The number of benzene rings is 2. The maximum absolute atomic E-state index is 15.8. The van der Waals surface area contributed by atoms with E-state index in [4.69, 9.17) is 55.7 Å². The normalized spacial score (nSPS) is 25.3. The smallest absolute Gasteiger partial charge is 0.244 e. The minimum absolute atomic E-state index is 0.00429. The van der Waals surface area contributed by atoms with Gasteiger partial charge in [0.05, 0.1) is 13.1 Å². The van der Waals surface area contributed by atoms with Crippen LogP contribution < -0.4 is 151 Å². The van der Waals surface area contributed by atoms with Gasteiger partial charge in [-0.25, -0.2) is 0 Å². The summed E-state index contributed by atoms with van der Waals surface area (Å²) >= 11 is 0. The van der Waals surface area contributed by atoms with Gasteiger partial charge in [0.2, 0.25) is 106 Å². The first kappa shape index (κ1) is 121. The van der Waals surface area contributed by atoms with E-state index < -0.39 is 298 Å². The zero-order valence-corrected chi connectivity index (χ0v) is 86.3. The highest BCUT2D eigenvalue weighted by Gasteiger charge is 2.42. The number of hydrogen-bond donors (Lipinski definition) is 34. The van der Waals surface area contributed by atoms with Crippen LogP contribution in [0.5, 0.6) is 5.75 Å². The Hall–Kier alpha value is -12.8. The second-order valence-electron chi connectivity index (χ2n) is 35.3. The summed E-state index contributed by atoms with van der Waals surface area (Å²) in [6, 6.07) is -13.0. The van der Waals surface area contributed by atoms with E-state index in [1.54, 1.807) is 71.9 Å². The van der Waals surface area contributed by atoms with Crippen LogP contribution in [0.25, 0.3) is 0 Å². The Kier molecular flexibility index (Phi) is 52.9. The molecule has 58 heteroatoms. The van der Waals surface area contributed by atoms with Crippen LogP contribution in [0.1, 0.15) is 130 Å². The number of amides is 18. The maximum Gasteiger partial charge on any atom is 0.244 e. The van der Waals surface area contributed by atoms with Gasteiger partial charge >= 0.3 is 0 Å². The number of fused-ring (bicyclic) bond motifs is 15. The minimum atomic E-state index is -1.82. The topological polar surface area (TPSA) is 854 Å². The van der Waals surface area contributed by atoms with E-state index in [2.05, 4.69) is 122 Å². The Labute approximate surface area is 862 Å². The molecule has 0 aliphatic carbocycles. The quantitative estimate of drug-likeness (QED) is 0.0156. The number of guanidine groups is 5. The van der Waals surface area contributed by atoms with Crippen molar-refractivity contribution in [3.8, 4) is 5.75 Å². The van der Waals surface area contributed by atoms with Crippen molar-refractivity contribution in [2.75, 3.05) is 80.3 Å². The molecule has 4 aliphatic rings. The van der Waals surface area contributed by atoms with Crippen LogP contribution in [0.15, 0.2) is 54.6 Å². The highest BCUT2D eigenvalue weighted by atomic mass is 33.1. The van der Waals surface area contributed by atoms with E-state index >= 15 is 57.5 Å². The third-order valence-corrected chi connectivity index (χ3v) is 30.0. The number of nitrogens with one attached hydrogen (secondary N) is 28. The summed E-state index contributed by atoms with van der Waals surface area (Å²) in [5, 5.41) is 111. The molecule has 4 aliphatic heterocycles. The first-order chi connectivity index (χ1) is 68.9. The van der Waals surface area contributed by atoms with E-state index in [1.807, 2.05) is 0 Å². The molecule has 6 bridgehead atoms. The molecule has 0 saturated carbocycles. The lowest BCUT2D eigenvalue weighted by Gasteiger charge is -2.30. The second kappa shape index (κ2) is 63.4. The number of phenols is 1. The third kappa shape index (κ3) is 44.7. The van der Waals surface area contributed by atoms with Gasteiger partial charge in [-0.2, -0.15) is 0 Å². The van der Waals surface area contributed by atoms with Gasteiger partial charge in [0.1, 0.15) is 102 Å². The Morgan fingerprint density at radius 2 is 0.579 bits per heavy atom. The minimum Gasteiger partial charge on any atom is -0.508 e. The van der Waals surface area contributed by atoms with E-state index in [0.29, 0.717) is 11.1 Å². The molecule has 4 saturated heterocycles. The van der Waals surface area contributed by atoms with Crippen molar-refractivity contribution in [3.63, 3.8) is 0 Å². The summed E-state index contributed by atoms with van der Waals surface area (Å²) < 4.78 is 0. The first-order valence-corrected chi connectivity index (χ1v) is 54.7. The van der Waals surface area contributed by atoms with E-state index in [-0.39, 0.29) is 128 Å². The number of phenolic OH excluding ortho intramolecular Hbond substituents is 1. The molecule has 0 aromatic heterocycles. The monoisotopic (exact) mass is 2140 g/mol. The van der Waals surface area contributed by atoms with Gasteiger partial charge in [0.15, 0.2) is 29.8 Å². The highest BCUT2D eigenvalue weighted by molar-refractivity contribution is 8.77. The molecule has 2 aromatic rings. The third-order valence-electron chi connectivity index (χ3n) is 22.7. The highest BCUT2D eigenvalue weighted by Crippen LogP contribution is 2.29. The van der Waals surface area contributed by atoms with E-state index in [1.165, 1.54) is 24.3 Å². The molecule has 6 rings (SSSR count). The number of nitrogens with two attached hydrogens (primary N) is 5. The fourth-order valence-corrected chi connectivity index (χ4v) is 21.7. The van der Waals surface area contributed by atoms with Crippen LogP contribution in [0.2, 0.25) is 0 Å². The Balaban J connectivity index is 1.64. The number of rotatable bonds is 29. The molecule has 17 atom stereocenters. The molecule has 0 unspecified atom stereocenters. The van der Waals surface area contributed by atoms with Gasteiger partial charge in [-0.3, -0.25) is 113 Å². The molecule has 52 nitrogen and oxygen atoms in total. The van der Waals surface area contributed by atoms with Crippen molar-refractivity contribution in [2.45, 2.75) is 228 Å². The van der Waals surface area contributed by atoms with E-state index in [9.17, 15) is 33.9 Å². The van der Waals surface area contributed by atoms with Crippen molar-refractivity contribution >= 4 is 201 Å². The zero-order chi connectivity index (χ0) is 107. The summed E-state index contributed by atoms with van der Waals surface area (Å²) in [7, 11) is 4.91. The van der Waals surface area contributed by atoms with Crippen LogP contribution in [-0.2, 0) is 99.1 Å². The molecule has 0 radical (unpaired) electrons. The summed E-state index contributed by atoms with van der Waals surface area (Å²) in [6.45, 7) is 7.79. The molecule has 4 fully saturated rings. The van der Waals surface area contributed by atoms with Crippen LogP contribution in [0.4, 0.5) is 0 Å². The van der Waals surface area contributed by atoms with Crippen molar-refractivity contribution in [2.24, 2.45) is 46.4 Å². The molecule has 4 heterocycles. The fourth-order valence-electron chi connectivity index (χ4n) is 14.7. The zero-order valence-electron chi connectivity index (χ0n) is 81.4. The van der Waals surface area contributed by atoms with Gasteiger partial charge < -0.3 is 156 Å². The van der Waals surface area contributed by atoms with Crippen LogP contribution >= 0.6 is 64.8 Å². The van der Waals surface area contributed by atoms with Gasteiger partial charge in [-0.15, -0.1) is 0 Å². The van der Waals surface area contributed by atoms with Crippen LogP contribution in [0, 0.1) is 44.8 Å². The summed E-state index contributed by atoms with van der Waals surface area (Å²) in [5.74, 6) is -26.2. The molecule has 18 amide bonds. The predicted octanol–water partition coefficient (Wildman–Crippen LogP) is -7.57. The average Bonchev–Trinajstić information content (AvgIpc) is 0.840. The summed E-state index contributed by atoms with van der Waals surface area (Å²) in [4.78, 5) is 274. The lowest BCUT2D eigenvalue weighted by Crippen LogP contribution is -2.62. The van der Waals surface area contributed by atoms with Crippen LogP contribution in [0.3, 0.4) is 0 Å². The summed E-state index contributed by atoms with van der Waals surface area (Å²) in [6.07, 6.45) is -2.10. The molecular formula is C87H139N33O19S6. The van der Waals surface area contributed by atoms with Crippen molar-refractivity contribution in [1.29, 1.82) is 27.0 Å². The van der Waals surface area contributed by atoms with Crippen molar-refractivity contribution in [3.05, 3.63) is 65.7 Å². The van der Waals surface area contributed by atoms with E-state index in [0.717, 1.165) is 64.8 Å². The number of aromatic hydroxyl groups is 1. The SMILES string of the molecule is CC[C@H](C)[C@@H]1NC(=O)[C@@H]2CSSC[C@H](NC(=O)[C@H](CCCNC(=N)N)NC(=O)[C@@H]3CSSC[C@H](NC1=O)C(=O)N[C@@H](Cc1ccc(O)cc1)C(=O)N[C@@H](CCCNC(=N)N)C(=O)NCC(=O)N[C@@H](Cc1ccccc1)C(=O)N3)C(=O)N[C@@H](CC(C)C)C(=O)N[C@H]1CSSC[C@H](NC(=O)[C@H](C(C)C)NC(=O)CNC(=O)[C@H](CCCNC(=N)N)NC(=O)[C@H](CCCNC(=N)N)NC1=O)C(=O)N[C@@H](CCCNC(=N)N)C(=O)N2. The molecule has 0 spiro atoms. The van der Waals surface area contributed by atoms with Gasteiger partial charge in [-0.05, 0) is 112 Å². The number of carbonyl (C=O) groups excluding carboxylic acids is 18.